The molecule has 1 saturated heterocycles. The molecule has 1 aliphatic rings. The molecule has 4 N–H and O–H groups in total. The summed E-state index contributed by atoms with van der Waals surface area (Å²) in [6, 6.07) is 1.85. The van der Waals surface area contributed by atoms with Gasteiger partial charge in [0.25, 0.3) is 0 Å². The summed E-state index contributed by atoms with van der Waals surface area (Å²) >= 11 is 0. The van der Waals surface area contributed by atoms with Crippen LogP contribution < -0.4 is 10.4 Å². The van der Waals surface area contributed by atoms with Crippen molar-refractivity contribution < 1.29 is 47.9 Å². The smallest absolute Gasteiger partial charge is 0.336 e. The average Bonchev–Trinajstić information content (AvgIpc) is 2.59. The van der Waals surface area contributed by atoms with E-state index in [4.69, 9.17) is 19.0 Å². The maximum Gasteiger partial charge on any atom is 0.336 e. The second-order valence-corrected chi connectivity index (χ2v) is 5.98. The molecule has 9 nitrogen and oxygen atoms in total. The van der Waals surface area contributed by atoms with E-state index in [0.29, 0.717) is 0 Å². The standard InChI is InChI=1S/C16H14F2O9/c1-4-2-7(19)25-12-5(4)3-6(17)13(8(12)18)26-16-11(22)9(20)10(21)14(27-16)15(23)24/h2-3,9-11,14,16,20-22H,1H3,(H,23,24)/t9?,10-,11+,14?,16+/m0/s1. The Balaban J connectivity index is 2.03. The molecular weight excluding hydrogens is 374 g/mol. The quantitative estimate of drug-likeness (QED) is 0.518. The molecule has 1 aromatic heterocycles. The largest absolute Gasteiger partial charge is 0.479 e. The van der Waals surface area contributed by atoms with Crippen LogP contribution in [0.25, 0.3) is 11.0 Å². The van der Waals surface area contributed by atoms with Gasteiger partial charge in [0.2, 0.25) is 12.1 Å². The number of carbonyl (C=O) groups is 1. The zero-order valence-electron chi connectivity index (χ0n) is 13.6. The first-order valence-corrected chi connectivity index (χ1v) is 7.63. The third-order valence-corrected chi connectivity index (χ3v) is 4.14. The molecule has 0 radical (unpaired) electrons. The molecule has 1 aliphatic heterocycles. The van der Waals surface area contributed by atoms with Gasteiger partial charge in [-0.15, -0.1) is 0 Å². The highest BCUT2D eigenvalue weighted by molar-refractivity contribution is 5.82. The summed E-state index contributed by atoms with van der Waals surface area (Å²) in [4.78, 5) is 22.5. The van der Waals surface area contributed by atoms with E-state index < -0.39 is 65.3 Å². The van der Waals surface area contributed by atoms with Crippen LogP contribution in [0, 0.1) is 18.6 Å². The van der Waals surface area contributed by atoms with Gasteiger partial charge in [0, 0.05) is 11.5 Å². The summed E-state index contributed by atoms with van der Waals surface area (Å²) in [5.41, 5.74) is -1.27. The van der Waals surface area contributed by atoms with Crippen LogP contribution in [0.4, 0.5) is 8.78 Å². The number of aliphatic hydroxyl groups is 3. The minimum atomic E-state index is -2.03. The van der Waals surface area contributed by atoms with Crippen LogP contribution in [-0.2, 0) is 9.53 Å². The number of fused-ring (bicyclic) bond motifs is 1. The number of carboxylic acid groups (broad SMARTS) is 1. The van der Waals surface area contributed by atoms with Crippen molar-refractivity contribution in [1.82, 2.24) is 0 Å². The fourth-order valence-electron chi connectivity index (χ4n) is 2.73. The van der Waals surface area contributed by atoms with E-state index in [1.54, 1.807) is 0 Å². The van der Waals surface area contributed by atoms with E-state index in [1.807, 2.05) is 0 Å². The number of aliphatic carboxylic acids is 1. The predicted octanol–water partition coefficient (Wildman–Crippen LogP) is -0.349. The Hall–Kier alpha value is -2.60. The normalized spacial score (nSPS) is 28.3. The van der Waals surface area contributed by atoms with E-state index >= 15 is 0 Å². The Labute approximate surface area is 149 Å². The number of ether oxygens (including phenoxy) is 2. The molecule has 2 unspecified atom stereocenters. The highest BCUT2D eigenvalue weighted by Gasteiger charge is 2.48. The van der Waals surface area contributed by atoms with Gasteiger partial charge in [-0.3, -0.25) is 0 Å². The van der Waals surface area contributed by atoms with Gasteiger partial charge in [-0.25, -0.2) is 14.0 Å². The number of aliphatic hydroxyl groups excluding tert-OH is 3. The van der Waals surface area contributed by atoms with Crippen LogP contribution in [-0.4, -0.2) is 57.1 Å². The second-order valence-electron chi connectivity index (χ2n) is 5.98. The van der Waals surface area contributed by atoms with Crippen LogP contribution >= 0.6 is 0 Å². The number of halogens is 2. The van der Waals surface area contributed by atoms with Crippen molar-refractivity contribution in [3.05, 3.63) is 39.8 Å². The van der Waals surface area contributed by atoms with Gasteiger partial charge in [0.15, 0.2) is 23.3 Å². The van der Waals surface area contributed by atoms with Crippen molar-refractivity contribution in [1.29, 1.82) is 0 Å². The fourth-order valence-corrected chi connectivity index (χ4v) is 2.73. The molecule has 0 aliphatic carbocycles. The van der Waals surface area contributed by atoms with Crippen molar-refractivity contribution in [2.45, 2.75) is 37.6 Å². The van der Waals surface area contributed by atoms with Gasteiger partial charge in [-0.1, -0.05) is 0 Å². The van der Waals surface area contributed by atoms with Crippen LogP contribution in [0.3, 0.4) is 0 Å². The molecule has 27 heavy (non-hydrogen) atoms. The van der Waals surface area contributed by atoms with E-state index in [1.165, 1.54) is 6.92 Å². The van der Waals surface area contributed by atoms with Gasteiger partial charge in [-0.2, -0.15) is 4.39 Å². The average molecular weight is 388 g/mol. The number of aryl methyl sites for hydroxylation is 1. The minimum absolute atomic E-state index is 0.0408. The van der Waals surface area contributed by atoms with Gasteiger partial charge < -0.3 is 34.3 Å². The Morgan fingerprint density at radius 2 is 1.81 bits per heavy atom. The molecule has 2 aromatic rings. The molecule has 11 heteroatoms. The Morgan fingerprint density at radius 3 is 2.44 bits per heavy atom. The van der Waals surface area contributed by atoms with E-state index in [-0.39, 0.29) is 10.9 Å². The van der Waals surface area contributed by atoms with Crippen LogP contribution in [0.15, 0.2) is 21.3 Å². The second kappa shape index (κ2) is 6.85. The summed E-state index contributed by atoms with van der Waals surface area (Å²) in [6.07, 6.45) is -10.1. The summed E-state index contributed by atoms with van der Waals surface area (Å²) in [5, 5.41) is 38.1. The van der Waals surface area contributed by atoms with Crippen molar-refractivity contribution in [2.75, 3.05) is 0 Å². The first-order chi connectivity index (χ1) is 12.6. The summed E-state index contributed by atoms with van der Waals surface area (Å²) < 4.78 is 43.4. The lowest BCUT2D eigenvalue weighted by Crippen LogP contribution is -2.61. The minimum Gasteiger partial charge on any atom is -0.479 e. The van der Waals surface area contributed by atoms with Gasteiger partial charge in [-0.05, 0) is 18.6 Å². The third kappa shape index (κ3) is 3.25. The molecule has 1 fully saturated rings. The fraction of sp³-hybridized carbons (Fsp3) is 0.375. The first-order valence-electron chi connectivity index (χ1n) is 7.63. The lowest BCUT2D eigenvalue weighted by molar-refractivity contribution is -0.271. The van der Waals surface area contributed by atoms with Crippen LogP contribution in [0.1, 0.15) is 5.56 Å². The summed E-state index contributed by atoms with van der Waals surface area (Å²) in [5.74, 6) is -5.48. The highest BCUT2D eigenvalue weighted by atomic mass is 19.1. The zero-order valence-corrected chi connectivity index (χ0v) is 13.6. The Bertz CT molecular complexity index is 957. The van der Waals surface area contributed by atoms with Gasteiger partial charge >= 0.3 is 11.6 Å². The lowest BCUT2D eigenvalue weighted by Gasteiger charge is -2.38. The molecular formula is C16H14F2O9. The monoisotopic (exact) mass is 388 g/mol. The number of carboxylic acids is 1. The predicted molar refractivity (Wildman–Crippen MR) is 82.1 cm³/mol. The molecule has 146 valence electrons. The molecule has 0 amide bonds. The molecule has 3 rings (SSSR count). The number of hydrogen-bond acceptors (Lipinski definition) is 8. The van der Waals surface area contributed by atoms with E-state index in [2.05, 4.69) is 0 Å². The van der Waals surface area contributed by atoms with Crippen molar-refractivity contribution in [2.24, 2.45) is 0 Å². The van der Waals surface area contributed by atoms with Crippen molar-refractivity contribution in [3.63, 3.8) is 0 Å². The summed E-state index contributed by atoms with van der Waals surface area (Å²) in [7, 11) is 0. The number of hydrogen-bond donors (Lipinski definition) is 4. The van der Waals surface area contributed by atoms with Crippen LogP contribution in [0.2, 0.25) is 0 Å². The molecule has 0 spiro atoms. The molecule has 5 atom stereocenters. The van der Waals surface area contributed by atoms with Crippen molar-refractivity contribution >= 4 is 16.9 Å². The third-order valence-electron chi connectivity index (χ3n) is 4.14. The molecule has 2 heterocycles. The Kier molecular flexibility index (Phi) is 4.86. The SMILES string of the molecule is Cc1cc(=O)oc2c(F)c(O[C@@H]3OC(C(=O)O)[C@@H](O)C(O)[C@H]3O)c(F)cc12. The van der Waals surface area contributed by atoms with E-state index in [0.717, 1.165) is 12.1 Å². The van der Waals surface area contributed by atoms with Crippen LogP contribution in [0.5, 0.6) is 5.75 Å². The van der Waals surface area contributed by atoms with E-state index in [9.17, 15) is 33.7 Å². The number of rotatable bonds is 3. The van der Waals surface area contributed by atoms with Gasteiger partial charge in [0.05, 0.1) is 0 Å². The lowest BCUT2D eigenvalue weighted by atomic mass is 9.99. The molecule has 0 saturated carbocycles. The molecule has 1 aromatic carbocycles. The maximum absolute atomic E-state index is 14.6. The molecule has 0 bridgehead atoms. The van der Waals surface area contributed by atoms with Crippen molar-refractivity contribution in [3.8, 4) is 5.75 Å². The maximum atomic E-state index is 14.6. The topological polar surface area (TPSA) is 147 Å². The van der Waals surface area contributed by atoms with Gasteiger partial charge in [0.1, 0.15) is 18.3 Å². The number of benzene rings is 1. The Morgan fingerprint density at radius 1 is 1.15 bits per heavy atom. The summed E-state index contributed by atoms with van der Waals surface area (Å²) in [6.45, 7) is 1.43. The highest BCUT2D eigenvalue weighted by Crippen LogP contribution is 2.33. The zero-order chi connectivity index (χ0) is 20.0. The first kappa shape index (κ1) is 19.2.